The van der Waals surface area contributed by atoms with E-state index >= 15 is 0 Å². The first-order valence-corrected chi connectivity index (χ1v) is 9.76. The molecule has 0 aliphatic rings. The van der Waals surface area contributed by atoms with Crippen LogP contribution in [0.5, 0.6) is 0 Å². The highest BCUT2D eigenvalue weighted by atomic mass is 15.3. The predicted octanol–water partition coefficient (Wildman–Crippen LogP) is 3.36. The van der Waals surface area contributed by atoms with Gasteiger partial charge in [0.15, 0.2) is 5.96 Å². The SMILES string of the molecule is CCNC(=NCc1ccccc1CC)NCc1c(CC)nn(C)c1CC. The Hall–Kier alpha value is -2.30. The largest absolute Gasteiger partial charge is 0.357 e. The lowest BCUT2D eigenvalue weighted by Gasteiger charge is -2.13. The summed E-state index contributed by atoms with van der Waals surface area (Å²) in [6, 6.07) is 8.52. The Labute approximate surface area is 157 Å². The summed E-state index contributed by atoms with van der Waals surface area (Å²) in [6.45, 7) is 10.9. The fourth-order valence-electron chi connectivity index (χ4n) is 3.33. The van der Waals surface area contributed by atoms with Crippen molar-refractivity contribution >= 4 is 5.96 Å². The highest BCUT2D eigenvalue weighted by Gasteiger charge is 2.13. The molecule has 2 aromatic rings. The van der Waals surface area contributed by atoms with Crippen LogP contribution < -0.4 is 10.6 Å². The maximum Gasteiger partial charge on any atom is 0.191 e. The Morgan fingerprint density at radius 1 is 1.00 bits per heavy atom. The van der Waals surface area contributed by atoms with Crippen molar-refractivity contribution in [3.63, 3.8) is 0 Å². The minimum atomic E-state index is 0.688. The molecular formula is C21H33N5. The van der Waals surface area contributed by atoms with Crippen LogP contribution >= 0.6 is 0 Å². The van der Waals surface area contributed by atoms with Crippen molar-refractivity contribution in [2.24, 2.45) is 12.0 Å². The summed E-state index contributed by atoms with van der Waals surface area (Å²) in [5.41, 5.74) is 6.42. The second-order valence-electron chi connectivity index (χ2n) is 6.37. The van der Waals surface area contributed by atoms with Crippen LogP contribution in [0.2, 0.25) is 0 Å². The van der Waals surface area contributed by atoms with Crippen molar-refractivity contribution in [2.45, 2.75) is 60.0 Å². The molecule has 26 heavy (non-hydrogen) atoms. The summed E-state index contributed by atoms with van der Waals surface area (Å²) >= 11 is 0. The van der Waals surface area contributed by atoms with Crippen LogP contribution in [0.3, 0.4) is 0 Å². The molecule has 1 heterocycles. The van der Waals surface area contributed by atoms with Crippen LogP contribution in [0.4, 0.5) is 0 Å². The molecule has 2 N–H and O–H groups in total. The van der Waals surface area contributed by atoms with Gasteiger partial charge in [0.1, 0.15) is 0 Å². The van der Waals surface area contributed by atoms with E-state index in [-0.39, 0.29) is 0 Å². The lowest BCUT2D eigenvalue weighted by molar-refractivity contribution is 0.702. The average molecular weight is 356 g/mol. The van der Waals surface area contributed by atoms with Gasteiger partial charge >= 0.3 is 0 Å². The number of hydrogen-bond acceptors (Lipinski definition) is 2. The highest BCUT2D eigenvalue weighted by Crippen LogP contribution is 2.15. The lowest BCUT2D eigenvalue weighted by atomic mass is 10.1. The van der Waals surface area contributed by atoms with Gasteiger partial charge in [0.25, 0.3) is 0 Å². The highest BCUT2D eigenvalue weighted by molar-refractivity contribution is 5.79. The number of nitrogens with zero attached hydrogens (tertiary/aromatic N) is 3. The number of rotatable bonds is 8. The molecule has 0 radical (unpaired) electrons. The molecule has 0 aliphatic heterocycles. The topological polar surface area (TPSA) is 54.2 Å². The van der Waals surface area contributed by atoms with E-state index in [4.69, 9.17) is 4.99 Å². The van der Waals surface area contributed by atoms with Crippen molar-refractivity contribution in [1.82, 2.24) is 20.4 Å². The summed E-state index contributed by atoms with van der Waals surface area (Å²) in [4.78, 5) is 4.79. The molecule has 2 rings (SSSR count). The second-order valence-corrected chi connectivity index (χ2v) is 6.37. The van der Waals surface area contributed by atoms with Gasteiger partial charge in [-0.15, -0.1) is 0 Å². The van der Waals surface area contributed by atoms with Gasteiger partial charge in [0.05, 0.1) is 12.2 Å². The van der Waals surface area contributed by atoms with Gasteiger partial charge < -0.3 is 10.6 Å². The average Bonchev–Trinajstić information content (AvgIpc) is 2.98. The van der Waals surface area contributed by atoms with Crippen molar-refractivity contribution in [3.8, 4) is 0 Å². The van der Waals surface area contributed by atoms with Crippen LogP contribution in [0.1, 0.15) is 55.8 Å². The van der Waals surface area contributed by atoms with E-state index in [0.717, 1.165) is 38.3 Å². The molecule has 0 amide bonds. The molecule has 0 spiro atoms. The Kier molecular flexibility index (Phi) is 7.70. The van der Waals surface area contributed by atoms with Gasteiger partial charge in [0.2, 0.25) is 0 Å². The standard InChI is InChI=1S/C21H33N5/c1-6-16-12-10-11-13-17(16)14-23-21(22-9-4)24-15-18-19(7-2)25-26(5)20(18)8-3/h10-13H,6-9,14-15H2,1-5H3,(H2,22,23,24). The Balaban J connectivity index is 2.13. The molecule has 0 aliphatic carbocycles. The third kappa shape index (κ3) is 4.87. The minimum Gasteiger partial charge on any atom is -0.357 e. The molecule has 142 valence electrons. The first-order chi connectivity index (χ1) is 12.6. The number of aliphatic imine (C=N–C) groups is 1. The van der Waals surface area contributed by atoms with Crippen molar-refractivity contribution in [2.75, 3.05) is 6.54 Å². The molecule has 5 nitrogen and oxygen atoms in total. The van der Waals surface area contributed by atoms with E-state index in [9.17, 15) is 0 Å². The van der Waals surface area contributed by atoms with E-state index in [1.54, 1.807) is 0 Å². The lowest BCUT2D eigenvalue weighted by Crippen LogP contribution is -2.37. The molecule has 1 aromatic heterocycles. The number of nitrogens with one attached hydrogen (secondary N) is 2. The van der Waals surface area contributed by atoms with Gasteiger partial charge in [-0.2, -0.15) is 5.10 Å². The summed E-state index contributed by atoms with van der Waals surface area (Å²) in [6.07, 6.45) is 2.96. The van der Waals surface area contributed by atoms with Crippen LogP contribution in [0.25, 0.3) is 0 Å². The van der Waals surface area contributed by atoms with Gasteiger partial charge in [0, 0.05) is 31.4 Å². The second kappa shape index (κ2) is 10.00. The summed E-state index contributed by atoms with van der Waals surface area (Å²) in [5.74, 6) is 0.853. The molecule has 1 aromatic carbocycles. The van der Waals surface area contributed by atoms with Gasteiger partial charge in [-0.3, -0.25) is 4.68 Å². The molecule has 0 saturated heterocycles. The molecule has 0 fully saturated rings. The zero-order valence-corrected chi connectivity index (χ0v) is 16.9. The van der Waals surface area contributed by atoms with Crippen LogP contribution in [0, 0.1) is 0 Å². The first-order valence-electron chi connectivity index (χ1n) is 9.76. The van der Waals surface area contributed by atoms with Crippen LogP contribution in [-0.4, -0.2) is 22.3 Å². The monoisotopic (exact) mass is 355 g/mol. The maximum atomic E-state index is 4.79. The first kappa shape index (κ1) is 20.0. The smallest absolute Gasteiger partial charge is 0.191 e. The number of hydrogen-bond donors (Lipinski definition) is 2. The summed E-state index contributed by atoms with van der Waals surface area (Å²) < 4.78 is 2.01. The van der Waals surface area contributed by atoms with E-state index < -0.39 is 0 Å². The number of benzene rings is 1. The fraction of sp³-hybridized carbons (Fsp3) is 0.524. The molecule has 0 unspecified atom stereocenters. The van der Waals surface area contributed by atoms with Gasteiger partial charge in [-0.1, -0.05) is 45.0 Å². The third-order valence-corrected chi connectivity index (χ3v) is 4.71. The number of aryl methyl sites for hydroxylation is 3. The Bertz CT molecular complexity index is 730. The number of guanidine groups is 1. The molecule has 0 saturated carbocycles. The quantitative estimate of drug-likeness (QED) is 0.564. The van der Waals surface area contributed by atoms with Gasteiger partial charge in [-0.25, -0.2) is 4.99 Å². The van der Waals surface area contributed by atoms with E-state index in [0.29, 0.717) is 6.54 Å². The van der Waals surface area contributed by atoms with Crippen molar-refractivity contribution < 1.29 is 0 Å². The normalized spacial score (nSPS) is 11.7. The minimum absolute atomic E-state index is 0.688. The molecular weight excluding hydrogens is 322 g/mol. The van der Waals surface area contributed by atoms with E-state index in [1.165, 1.54) is 28.1 Å². The van der Waals surface area contributed by atoms with Crippen LogP contribution in [-0.2, 0) is 39.4 Å². The Morgan fingerprint density at radius 3 is 2.35 bits per heavy atom. The van der Waals surface area contributed by atoms with Crippen LogP contribution in [0.15, 0.2) is 29.3 Å². The third-order valence-electron chi connectivity index (χ3n) is 4.71. The molecule has 0 bridgehead atoms. The zero-order chi connectivity index (χ0) is 18.9. The van der Waals surface area contributed by atoms with Crippen molar-refractivity contribution in [1.29, 1.82) is 0 Å². The zero-order valence-electron chi connectivity index (χ0n) is 16.9. The Morgan fingerprint density at radius 2 is 1.73 bits per heavy atom. The number of aromatic nitrogens is 2. The summed E-state index contributed by atoms with van der Waals surface area (Å²) in [5, 5.41) is 11.5. The van der Waals surface area contributed by atoms with Gasteiger partial charge in [-0.05, 0) is 37.3 Å². The molecule has 0 atom stereocenters. The van der Waals surface area contributed by atoms with E-state index in [1.807, 2.05) is 11.7 Å². The van der Waals surface area contributed by atoms with Crippen molar-refractivity contribution in [3.05, 3.63) is 52.3 Å². The fourth-order valence-corrected chi connectivity index (χ4v) is 3.33. The van der Waals surface area contributed by atoms with E-state index in [2.05, 4.69) is 67.7 Å². The maximum absolute atomic E-state index is 4.79. The summed E-state index contributed by atoms with van der Waals surface area (Å²) in [7, 11) is 2.03. The molecule has 5 heteroatoms. The predicted molar refractivity (Wildman–Crippen MR) is 109 cm³/mol.